The lowest BCUT2D eigenvalue weighted by Crippen LogP contribution is -2.43. The Labute approximate surface area is 181 Å². The van der Waals surface area contributed by atoms with Crippen LogP contribution in [0.2, 0.25) is 0 Å². The first-order valence-electron chi connectivity index (χ1n) is 10.4. The van der Waals surface area contributed by atoms with Gasteiger partial charge in [0.15, 0.2) is 0 Å². The summed E-state index contributed by atoms with van der Waals surface area (Å²) in [6.07, 6.45) is 0.803. The van der Waals surface area contributed by atoms with Gasteiger partial charge in [-0.1, -0.05) is 60.7 Å². The van der Waals surface area contributed by atoms with Gasteiger partial charge in [0.05, 0.1) is 12.3 Å². The second-order valence-electron chi connectivity index (χ2n) is 7.24. The molecule has 0 saturated carbocycles. The van der Waals surface area contributed by atoms with E-state index >= 15 is 0 Å². The van der Waals surface area contributed by atoms with Gasteiger partial charge in [0.2, 0.25) is 0 Å². The van der Waals surface area contributed by atoms with Gasteiger partial charge in [-0.3, -0.25) is 4.79 Å². The van der Waals surface area contributed by atoms with Crippen molar-refractivity contribution in [1.29, 1.82) is 0 Å². The molecule has 0 unspecified atom stereocenters. The molecule has 3 aromatic carbocycles. The minimum absolute atomic E-state index is 0.163. The van der Waals surface area contributed by atoms with E-state index in [0.29, 0.717) is 24.6 Å². The Morgan fingerprint density at radius 1 is 0.968 bits per heavy atom. The number of nitrogens with one attached hydrogen (secondary N) is 2. The molecule has 3 aromatic rings. The Kier molecular flexibility index (Phi) is 6.17. The Hall–Kier alpha value is -3.80. The number of carbonyl (C=O) groups is 2. The van der Waals surface area contributed by atoms with Crippen molar-refractivity contribution in [3.63, 3.8) is 0 Å². The Bertz CT molecular complexity index is 1070. The van der Waals surface area contributed by atoms with Gasteiger partial charge in [-0.2, -0.15) is 0 Å². The SMILES string of the molecule is CCOc1ccccc1NC(=O)N[C@H](C(=O)N1CCc2ccccc21)c1ccccc1. The van der Waals surface area contributed by atoms with Gasteiger partial charge in [-0.15, -0.1) is 0 Å². The molecule has 0 aliphatic carbocycles. The quantitative estimate of drug-likeness (QED) is 0.621. The first kappa shape index (κ1) is 20.5. The van der Waals surface area contributed by atoms with E-state index in [0.717, 1.165) is 23.2 Å². The molecule has 0 aromatic heterocycles. The first-order chi connectivity index (χ1) is 15.2. The maximum atomic E-state index is 13.5. The number of benzene rings is 3. The van der Waals surface area contributed by atoms with E-state index in [9.17, 15) is 9.59 Å². The van der Waals surface area contributed by atoms with Crippen LogP contribution in [0.25, 0.3) is 0 Å². The number of hydrogen-bond acceptors (Lipinski definition) is 3. The highest BCUT2D eigenvalue weighted by molar-refractivity contribution is 6.02. The van der Waals surface area contributed by atoms with Gasteiger partial charge in [-0.05, 0) is 42.7 Å². The molecule has 1 heterocycles. The molecule has 31 heavy (non-hydrogen) atoms. The van der Waals surface area contributed by atoms with E-state index in [1.54, 1.807) is 17.0 Å². The topological polar surface area (TPSA) is 70.7 Å². The normalized spacial score (nSPS) is 13.3. The molecular weight excluding hydrogens is 390 g/mol. The summed E-state index contributed by atoms with van der Waals surface area (Å²) in [4.78, 5) is 28.1. The molecule has 1 atom stereocenters. The minimum atomic E-state index is -0.813. The number of hydrogen-bond donors (Lipinski definition) is 2. The highest BCUT2D eigenvalue weighted by atomic mass is 16.5. The highest BCUT2D eigenvalue weighted by Gasteiger charge is 2.32. The average molecular weight is 415 g/mol. The summed E-state index contributed by atoms with van der Waals surface area (Å²) in [5, 5.41) is 5.68. The summed E-state index contributed by atoms with van der Waals surface area (Å²) in [6, 6.07) is 23.1. The molecule has 1 aliphatic heterocycles. The largest absolute Gasteiger partial charge is 0.492 e. The standard InChI is InChI=1S/C25H25N3O3/c1-2-31-22-15-9-7-13-20(22)26-25(30)27-23(19-11-4-3-5-12-19)24(29)28-17-16-18-10-6-8-14-21(18)28/h3-15,23H,2,16-17H2,1H3,(H2,26,27,30)/t23-/m0/s1. The summed E-state index contributed by atoms with van der Waals surface area (Å²) < 4.78 is 5.58. The second-order valence-corrected chi connectivity index (χ2v) is 7.24. The van der Waals surface area contributed by atoms with Crippen molar-refractivity contribution >= 4 is 23.3 Å². The van der Waals surface area contributed by atoms with E-state index in [4.69, 9.17) is 4.74 Å². The number of fused-ring (bicyclic) bond motifs is 1. The van der Waals surface area contributed by atoms with E-state index in [-0.39, 0.29) is 5.91 Å². The number of urea groups is 1. The molecule has 0 fully saturated rings. The van der Waals surface area contributed by atoms with Crippen LogP contribution in [0.3, 0.4) is 0 Å². The molecule has 4 rings (SSSR count). The van der Waals surface area contributed by atoms with Crippen LogP contribution in [0.4, 0.5) is 16.2 Å². The molecule has 2 N–H and O–H groups in total. The van der Waals surface area contributed by atoms with Crippen LogP contribution in [0.5, 0.6) is 5.75 Å². The monoisotopic (exact) mass is 415 g/mol. The van der Waals surface area contributed by atoms with Gasteiger partial charge in [0, 0.05) is 12.2 Å². The lowest BCUT2D eigenvalue weighted by atomic mass is 10.1. The van der Waals surface area contributed by atoms with Crippen molar-refractivity contribution in [2.45, 2.75) is 19.4 Å². The zero-order valence-corrected chi connectivity index (χ0v) is 17.4. The van der Waals surface area contributed by atoms with Gasteiger partial charge >= 0.3 is 6.03 Å². The van der Waals surface area contributed by atoms with Gasteiger partial charge in [-0.25, -0.2) is 4.79 Å². The van der Waals surface area contributed by atoms with Crippen LogP contribution in [-0.4, -0.2) is 25.1 Å². The zero-order valence-electron chi connectivity index (χ0n) is 17.4. The van der Waals surface area contributed by atoms with E-state index in [2.05, 4.69) is 10.6 Å². The fourth-order valence-electron chi connectivity index (χ4n) is 3.80. The van der Waals surface area contributed by atoms with Crippen molar-refractivity contribution in [3.8, 4) is 5.75 Å². The van der Waals surface area contributed by atoms with E-state index < -0.39 is 12.1 Å². The van der Waals surface area contributed by atoms with E-state index in [1.807, 2.05) is 73.7 Å². The van der Waals surface area contributed by atoms with Crippen molar-refractivity contribution in [2.75, 3.05) is 23.4 Å². The fourth-order valence-corrected chi connectivity index (χ4v) is 3.80. The maximum absolute atomic E-state index is 13.5. The lowest BCUT2D eigenvalue weighted by molar-refractivity contribution is -0.120. The molecule has 0 saturated heterocycles. The van der Waals surface area contributed by atoms with Crippen LogP contribution in [-0.2, 0) is 11.2 Å². The smallest absolute Gasteiger partial charge is 0.320 e. The molecule has 0 bridgehead atoms. The predicted molar refractivity (Wildman–Crippen MR) is 121 cm³/mol. The fraction of sp³-hybridized carbons (Fsp3) is 0.200. The number of anilines is 2. The van der Waals surface area contributed by atoms with Crippen LogP contribution in [0.15, 0.2) is 78.9 Å². The van der Waals surface area contributed by atoms with Crippen LogP contribution >= 0.6 is 0 Å². The van der Waals surface area contributed by atoms with Crippen LogP contribution in [0, 0.1) is 0 Å². The third-order valence-electron chi connectivity index (χ3n) is 5.24. The lowest BCUT2D eigenvalue weighted by Gasteiger charge is -2.25. The van der Waals surface area contributed by atoms with Crippen molar-refractivity contribution < 1.29 is 14.3 Å². The molecule has 0 radical (unpaired) electrons. The summed E-state index contributed by atoms with van der Waals surface area (Å²) in [5.74, 6) is 0.417. The number of nitrogens with zero attached hydrogens (tertiary/aromatic N) is 1. The number of ether oxygens (including phenoxy) is 1. The molecule has 1 aliphatic rings. The van der Waals surface area contributed by atoms with Crippen LogP contribution in [0.1, 0.15) is 24.1 Å². The zero-order chi connectivity index (χ0) is 21.6. The van der Waals surface area contributed by atoms with Crippen molar-refractivity contribution in [1.82, 2.24) is 5.32 Å². The molecular formula is C25H25N3O3. The third-order valence-corrected chi connectivity index (χ3v) is 5.24. The summed E-state index contributed by atoms with van der Waals surface area (Å²) in [5.41, 5.74) is 3.31. The highest BCUT2D eigenvalue weighted by Crippen LogP contribution is 2.30. The van der Waals surface area contributed by atoms with E-state index in [1.165, 1.54) is 0 Å². The number of amides is 3. The molecule has 158 valence electrons. The summed E-state index contributed by atoms with van der Waals surface area (Å²) >= 11 is 0. The molecule has 0 spiro atoms. The average Bonchev–Trinajstić information content (AvgIpc) is 3.23. The van der Waals surface area contributed by atoms with Gasteiger partial charge in [0.1, 0.15) is 11.8 Å². The summed E-state index contributed by atoms with van der Waals surface area (Å²) in [7, 11) is 0. The summed E-state index contributed by atoms with van der Waals surface area (Å²) in [6.45, 7) is 2.96. The predicted octanol–water partition coefficient (Wildman–Crippen LogP) is 4.54. The minimum Gasteiger partial charge on any atom is -0.492 e. The molecule has 6 nitrogen and oxygen atoms in total. The molecule has 6 heteroatoms. The van der Waals surface area contributed by atoms with Gasteiger partial charge < -0.3 is 20.3 Å². The maximum Gasteiger partial charge on any atom is 0.320 e. The van der Waals surface area contributed by atoms with Crippen molar-refractivity contribution in [2.24, 2.45) is 0 Å². The van der Waals surface area contributed by atoms with Gasteiger partial charge in [0.25, 0.3) is 5.91 Å². The molecule has 3 amide bonds. The Morgan fingerprint density at radius 2 is 1.68 bits per heavy atom. The number of para-hydroxylation sites is 3. The third kappa shape index (κ3) is 4.53. The number of rotatable bonds is 6. The Balaban J connectivity index is 1.57. The van der Waals surface area contributed by atoms with Crippen molar-refractivity contribution in [3.05, 3.63) is 90.0 Å². The van der Waals surface area contributed by atoms with Crippen LogP contribution < -0.4 is 20.3 Å². The Morgan fingerprint density at radius 3 is 2.48 bits per heavy atom. The number of carbonyl (C=O) groups excluding carboxylic acids is 2. The second kappa shape index (κ2) is 9.34. The first-order valence-corrected chi connectivity index (χ1v) is 10.4.